The molecule has 118 valence electrons. The third-order valence-electron chi connectivity index (χ3n) is 5.11. The molecule has 0 amide bonds. The van der Waals surface area contributed by atoms with E-state index < -0.39 is 10.0 Å². The van der Waals surface area contributed by atoms with Gasteiger partial charge in [0.25, 0.3) is 0 Å². The Bertz CT molecular complexity index is 518. The lowest BCUT2D eigenvalue weighted by molar-refractivity contribution is 0.266. The standard InChI is InChI=1S/C16H26N2O2S/c1-21(19,20)18-9-7-13(8-10-18)12-17-16-11-15(16)14-5-3-2-4-6-14/h2-5,13-17H,6-12H2,1H3/t14?,15-,16+/m1/s1. The van der Waals surface area contributed by atoms with Crippen molar-refractivity contribution in [2.45, 2.75) is 31.7 Å². The lowest BCUT2D eigenvalue weighted by atomic mass is 9.95. The second-order valence-corrected chi connectivity index (χ2v) is 8.71. The van der Waals surface area contributed by atoms with Gasteiger partial charge in [-0.1, -0.05) is 24.3 Å². The molecule has 4 nitrogen and oxygen atoms in total. The molecule has 3 atom stereocenters. The summed E-state index contributed by atoms with van der Waals surface area (Å²) in [5.74, 6) is 2.16. The fourth-order valence-corrected chi connectivity index (χ4v) is 4.48. The molecule has 1 heterocycles. The van der Waals surface area contributed by atoms with Crippen LogP contribution in [0, 0.1) is 17.8 Å². The third-order valence-corrected chi connectivity index (χ3v) is 6.42. The van der Waals surface area contributed by atoms with E-state index in [9.17, 15) is 8.42 Å². The zero-order chi connectivity index (χ0) is 14.9. The van der Waals surface area contributed by atoms with Crippen LogP contribution in [0.4, 0.5) is 0 Å². The molecule has 3 rings (SSSR count). The van der Waals surface area contributed by atoms with Crippen molar-refractivity contribution < 1.29 is 8.42 Å². The van der Waals surface area contributed by atoms with Crippen molar-refractivity contribution in [1.29, 1.82) is 0 Å². The maximum Gasteiger partial charge on any atom is 0.211 e. The number of hydrogen-bond acceptors (Lipinski definition) is 3. The van der Waals surface area contributed by atoms with Gasteiger partial charge in [-0.05, 0) is 50.0 Å². The number of piperidine rings is 1. The zero-order valence-corrected chi connectivity index (χ0v) is 13.6. The normalized spacial score (nSPS) is 34.2. The van der Waals surface area contributed by atoms with Crippen LogP contribution in [0.3, 0.4) is 0 Å². The van der Waals surface area contributed by atoms with E-state index >= 15 is 0 Å². The minimum atomic E-state index is -2.99. The first-order chi connectivity index (χ1) is 10.0. The van der Waals surface area contributed by atoms with Crippen LogP contribution in [0.5, 0.6) is 0 Å². The Labute approximate surface area is 128 Å². The van der Waals surface area contributed by atoms with Gasteiger partial charge in [-0.2, -0.15) is 0 Å². The summed E-state index contributed by atoms with van der Waals surface area (Å²) in [4.78, 5) is 0. The largest absolute Gasteiger partial charge is 0.313 e. The van der Waals surface area contributed by atoms with Gasteiger partial charge in [0.2, 0.25) is 10.0 Å². The van der Waals surface area contributed by atoms with E-state index in [-0.39, 0.29) is 0 Å². The smallest absolute Gasteiger partial charge is 0.211 e. The van der Waals surface area contributed by atoms with Crippen molar-refractivity contribution >= 4 is 10.0 Å². The van der Waals surface area contributed by atoms with Crippen molar-refractivity contribution in [3.8, 4) is 0 Å². The number of nitrogens with one attached hydrogen (secondary N) is 1. The van der Waals surface area contributed by atoms with Gasteiger partial charge in [0.15, 0.2) is 0 Å². The molecule has 0 bridgehead atoms. The van der Waals surface area contributed by atoms with Crippen LogP contribution in [0.25, 0.3) is 0 Å². The zero-order valence-electron chi connectivity index (χ0n) is 12.7. The van der Waals surface area contributed by atoms with Gasteiger partial charge < -0.3 is 5.32 Å². The summed E-state index contributed by atoms with van der Waals surface area (Å²) in [6, 6.07) is 0.680. The molecule has 2 aliphatic carbocycles. The Hall–Kier alpha value is -0.650. The summed E-state index contributed by atoms with van der Waals surface area (Å²) in [7, 11) is -2.99. The fraction of sp³-hybridized carbons (Fsp3) is 0.750. The highest BCUT2D eigenvalue weighted by Gasteiger charge is 2.41. The number of sulfonamides is 1. The molecule has 0 aromatic carbocycles. The number of allylic oxidation sites excluding steroid dienone is 4. The molecular weight excluding hydrogens is 284 g/mol. The van der Waals surface area contributed by atoms with Crippen LogP contribution in [0.1, 0.15) is 25.7 Å². The molecule has 1 saturated heterocycles. The molecule has 0 aromatic rings. The lowest BCUT2D eigenvalue weighted by Gasteiger charge is -2.30. The van der Waals surface area contributed by atoms with Crippen LogP contribution in [-0.4, -0.2) is 44.7 Å². The predicted molar refractivity (Wildman–Crippen MR) is 85.4 cm³/mol. The SMILES string of the molecule is CS(=O)(=O)N1CCC(CN[C@H]2C[C@@H]2C2C=CC=CC2)CC1. The average Bonchev–Trinajstić information content (AvgIpc) is 3.25. The molecule has 0 radical (unpaired) electrons. The maximum atomic E-state index is 11.5. The van der Waals surface area contributed by atoms with Gasteiger partial charge >= 0.3 is 0 Å². The van der Waals surface area contributed by atoms with Crippen molar-refractivity contribution in [2.24, 2.45) is 17.8 Å². The van der Waals surface area contributed by atoms with Gasteiger partial charge in [-0.15, -0.1) is 0 Å². The van der Waals surface area contributed by atoms with Crippen molar-refractivity contribution in [3.05, 3.63) is 24.3 Å². The fourth-order valence-electron chi connectivity index (χ4n) is 3.60. The Kier molecular flexibility index (Phi) is 4.52. The van der Waals surface area contributed by atoms with Crippen LogP contribution < -0.4 is 5.32 Å². The van der Waals surface area contributed by atoms with Gasteiger partial charge in [-0.3, -0.25) is 0 Å². The van der Waals surface area contributed by atoms with E-state index in [4.69, 9.17) is 0 Å². The number of nitrogens with zero attached hydrogens (tertiary/aromatic N) is 1. The molecule has 1 unspecified atom stereocenters. The lowest BCUT2D eigenvalue weighted by Crippen LogP contribution is -2.40. The Morgan fingerprint density at radius 2 is 2.00 bits per heavy atom. The molecule has 5 heteroatoms. The summed E-state index contributed by atoms with van der Waals surface area (Å²) in [6.07, 6.45) is 14.7. The Morgan fingerprint density at radius 1 is 1.24 bits per heavy atom. The van der Waals surface area contributed by atoms with Crippen molar-refractivity contribution in [3.63, 3.8) is 0 Å². The second-order valence-electron chi connectivity index (χ2n) is 6.73. The van der Waals surface area contributed by atoms with Crippen molar-refractivity contribution in [1.82, 2.24) is 9.62 Å². The molecule has 0 aromatic heterocycles. The summed E-state index contributed by atoms with van der Waals surface area (Å²) < 4.78 is 24.6. The number of rotatable bonds is 5. The molecule has 2 fully saturated rings. The Morgan fingerprint density at radius 3 is 2.62 bits per heavy atom. The summed E-state index contributed by atoms with van der Waals surface area (Å²) in [5, 5.41) is 3.70. The van der Waals surface area contributed by atoms with Crippen LogP contribution in [0.15, 0.2) is 24.3 Å². The molecule has 3 aliphatic rings. The minimum absolute atomic E-state index is 0.631. The molecule has 1 saturated carbocycles. The van der Waals surface area contributed by atoms with E-state index in [1.807, 2.05) is 0 Å². The molecule has 1 N–H and O–H groups in total. The first-order valence-electron chi connectivity index (χ1n) is 8.06. The highest BCUT2D eigenvalue weighted by atomic mass is 32.2. The summed E-state index contributed by atoms with van der Waals surface area (Å²) in [6.45, 7) is 2.43. The van der Waals surface area contributed by atoms with Crippen LogP contribution >= 0.6 is 0 Å². The van der Waals surface area contributed by atoms with E-state index in [1.165, 1.54) is 19.1 Å². The predicted octanol–water partition coefficient (Wildman–Crippen LogP) is 1.77. The quantitative estimate of drug-likeness (QED) is 0.842. The highest BCUT2D eigenvalue weighted by Crippen LogP contribution is 2.41. The Balaban J connectivity index is 1.36. The van der Waals surface area contributed by atoms with Gasteiger partial charge in [0, 0.05) is 19.1 Å². The summed E-state index contributed by atoms with van der Waals surface area (Å²) >= 11 is 0. The van der Waals surface area contributed by atoms with Crippen molar-refractivity contribution in [2.75, 3.05) is 25.9 Å². The van der Waals surface area contributed by atoms with Crippen LogP contribution in [0.2, 0.25) is 0 Å². The third kappa shape index (κ3) is 3.96. The van der Waals surface area contributed by atoms with Crippen LogP contribution in [-0.2, 0) is 10.0 Å². The van der Waals surface area contributed by atoms with E-state index in [1.54, 1.807) is 4.31 Å². The monoisotopic (exact) mass is 310 g/mol. The van der Waals surface area contributed by atoms with E-state index in [2.05, 4.69) is 29.6 Å². The first kappa shape index (κ1) is 15.3. The summed E-state index contributed by atoms with van der Waals surface area (Å²) in [5.41, 5.74) is 0. The highest BCUT2D eigenvalue weighted by molar-refractivity contribution is 7.88. The maximum absolute atomic E-state index is 11.5. The topological polar surface area (TPSA) is 49.4 Å². The van der Waals surface area contributed by atoms with E-state index in [0.717, 1.165) is 31.2 Å². The van der Waals surface area contributed by atoms with E-state index in [0.29, 0.717) is 25.0 Å². The average molecular weight is 310 g/mol. The first-order valence-corrected chi connectivity index (χ1v) is 9.90. The molecule has 21 heavy (non-hydrogen) atoms. The van der Waals surface area contributed by atoms with Gasteiger partial charge in [0.05, 0.1) is 6.26 Å². The minimum Gasteiger partial charge on any atom is -0.313 e. The van der Waals surface area contributed by atoms with Gasteiger partial charge in [-0.25, -0.2) is 12.7 Å². The second kappa shape index (κ2) is 6.23. The molecular formula is C16H26N2O2S. The van der Waals surface area contributed by atoms with Gasteiger partial charge in [0.1, 0.15) is 0 Å². The number of hydrogen-bond donors (Lipinski definition) is 1. The molecule has 1 aliphatic heterocycles. The molecule has 0 spiro atoms.